The van der Waals surface area contributed by atoms with Gasteiger partial charge in [-0.3, -0.25) is 0 Å². The number of thioether (sulfide) groups is 1. The van der Waals surface area contributed by atoms with E-state index in [0.717, 1.165) is 22.2 Å². The molecule has 0 aliphatic carbocycles. The molecule has 0 amide bonds. The summed E-state index contributed by atoms with van der Waals surface area (Å²) >= 11 is 5.27. The first-order valence-corrected chi connectivity index (χ1v) is 7.93. The molecule has 1 aromatic rings. The van der Waals surface area contributed by atoms with Crippen LogP contribution in [0.4, 0.5) is 4.39 Å². The highest BCUT2D eigenvalue weighted by atomic mass is 79.9. The molecule has 1 aromatic carbocycles. The predicted molar refractivity (Wildman–Crippen MR) is 78.1 cm³/mol. The van der Waals surface area contributed by atoms with Crippen molar-refractivity contribution in [3.05, 3.63) is 34.1 Å². The summed E-state index contributed by atoms with van der Waals surface area (Å²) in [4.78, 5) is 0. The van der Waals surface area contributed by atoms with Crippen molar-refractivity contribution in [1.29, 1.82) is 0 Å². The molecular formula is C13H19BrFNS. The van der Waals surface area contributed by atoms with Gasteiger partial charge in [-0.05, 0) is 50.0 Å². The van der Waals surface area contributed by atoms with Gasteiger partial charge >= 0.3 is 0 Å². The Balaban J connectivity index is 2.60. The summed E-state index contributed by atoms with van der Waals surface area (Å²) in [7, 11) is 0. The molecule has 0 aliphatic rings. The smallest absolute Gasteiger partial charge is 0.124 e. The Kier molecular flexibility index (Phi) is 6.52. The first-order valence-electron chi connectivity index (χ1n) is 5.74. The lowest BCUT2D eigenvalue weighted by Gasteiger charge is -2.21. The number of nitrogens with one attached hydrogen (secondary N) is 1. The largest absolute Gasteiger partial charge is 0.308 e. The van der Waals surface area contributed by atoms with E-state index in [1.165, 1.54) is 12.1 Å². The molecule has 2 unspecified atom stereocenters. The molecule has 0 heterocycles. The van der Waals surface area contributed by atoms with Crippen LogP contribution in [0, 0.1) is 5.82 Å². The van der Waals surface area contributed by atoms with Gasteiger partial charge in [-0.2, -0.15) is 11.8 Å². The van der Waals surface area contributed by atoms with Crippen molar-refractivity contribution in [3.8, 4) is 0 Å². The number of hydrogen-bond acceptors (Lipinski definition) is 2. The number of benzene rings is 1. The summed E-state index contributed by atoms with van der Waals surface area (Å²) in [5.74, 6) is 0.953. The van der Waals surface area contributed by atoms with Crippen LogP contribution in [0.15, 0.2) is 22.7 Å². The van der Waals surface area contributed by atoms with Crippen molar-refractivity contribution in [2.24, 2.45) is 0 Å². The van der Waals surface area contributed by atoms with Crippen LogP contribution in [0.5, 0.6) is 0 Å². The van der Waals surface area contributed by atoms with E-state index in [2.05, 4.69) is 41.3 Å². The van der Waals surface area contributed by atoms with Crippen LogP contribution in [0.25, 0.3) is 0 Å². The average Bonchev–Trinajstić information content (AvgIpc) is 2.26. The SMILES string of the molecule is CSCCC(C)NC(C)c1ccc(F)cc1Br. The maximum atomic E-state index is 13.0. The Morgan fingerprint density at radius 1 is 1.41 bits per heavy atom. The molecule has 1 N–H and O–H groups in total. The molecule has 1 rings (SSSR count). The Labute approximate surface area is 116 Å². The van der Waals surface area contributed by atoms with Gasteiger partial charge in [-0.1, -0.05) is 22.0 Å². The second-order valence-corrected chi connectivity index (χ2v) is 6.08. The van der Waals surface area contributed by atoms with Crippen molar-refractivity contribution in [2.75, 3.05) is 12.0 Å². The predicted octanol–water partition coefficient (Wildman–Crippen LogP) is 4.38. The van der Waals surface area contributed by atoms with Gasteiger partial charge in [0.2, 0.25) is 0 Å². The van der Waals surface area contributed by atoms with E-state index in [0.29, 0.717) is 6.04 Å². The van der Waals surface area contributed by atoms with E-state index >= 15 is 0 Å². The van der Waals surface area contributed by atoms with Crippen LogP contribution in [0.2, 0.25) is 0 Å². The summed E-state index contributed by atoms with van der Waals surface area (Å²) in [6, 6.07) is 5.54. The molecule has 0 saturated carbocycles. The highest BCUT2D eigenvalue weighted by Crippen LogP contribution is 2.24. The van der Waals surface area contributed by atoms with E-state index in [4.69, 9.17) is 0 Å². The van der Waals surface area contributed by atoms with E-state index in [9.17, 15) is 4.39 Å². The van der Waals surface area contributed by atoms with Crippen molar-refractivity contribution in [1.82, 2.24) is 5.32 Å². The maximum absolute atomic E-state index is 13.0. The summed E-state index contributed by atoms with van der Waals surface area (Å²) in [6.45, 7) is 4.29. The minimum absolute atomic E-state index is 0.205. The van der Waals surface area contributed by atoms with Gasteiger partial charge in [0.25, 0.3) is 0 Å². The van der Waals surface area contributed by atoms with Crippen molar-refractivity contribution in [2.45, 2.75) is 32.4 Å². The third-order valence-electron chi connectivity index (χ3n) is 2.72. The molecule has 0 saturated heterocycles. The van der Waals surface area contributed by atoms with Gasteiger partial charge in [0.15, 0.2) is 0 Å². The molecule has 17 heavy (non-hydrogen) atoms. The molecule has 1 nitrogen and oxygen atoms in total. The third-order valence-corrected chi connectivity index (χ3v) is 4.05. The van der Waals surface area contributed by atoms with Crippen LogP contribution in [0.3, 0.4) is 0 Å². The standard InChI is InChI=1S/C13H19BrFNS/c1-9(6-7-17-3)16-10(2)12-5-4-11(15)8-13(12)14/h4-5,8-10,16H,6-7H2,1-3H3. The monoisotopic (exact) mass is 319 g/mol. The van der Waals surface area contributed by atoms with E-state index in [-0.39, 0.29) is 11.9 Å². The van der Waals surface area contributed by atoms with Crippen LogP contribution < -0.4 is 5.32 Å². The third kappa shape index (κ3) is 4.98. The lowest BCUT2D eigenvalue weighted by Crippen LogP contribution is -2.29. The van der Waals surface area contributed by atoms with Gasteiger partial charge in [0.05, 0.1) is 0 Å². The quantitative estimate of drug-likeness (QED) is 0.835. The second-order valence-electron chi connectivity index (χ2n) is 4.24. The highest BCUT2D eigenvalue weighted by Gasteiger charge is 2.12. The van der Waals surface area contributed by atoms with E-state index < -0.39 is 0 Å². The molecule has 0 radical (unpaired) electrons. The normalized spacial score (nSPS) is 14.6. The summed E-state index contributed by atoms with van der Waals surface area (Å²) in [5, 5.41) is 3.53. The number of hydrogen-bond donors (Lipinski definition) is 1. The van der Waals surface area contributed by atoms with E-state index in [1.54, 1.807) is 0 Å². The minimum Gasteiger partial charge on any atom is -0.308 e. The van der Waals surface area contributed by atoms with Gasteiger partial charge in [0.1, 0.15) is 5.82 Å². The van der Waals surface area contributed by atoms with Crippen LogP contribution in [0.1, 0.15) is 31.9 Å². The number of halogens is 2. The zero-order chi connectivity index (χ0) is 12.8. The maximum Gasteiger partial charge on any atom is 0.124 e. The zero-order valence-electron chi connectivity index (χ0n) is 10.5. The van der Waals surface area contributed by atoms with Crippen molar-refractivity contribution in [3.63, 3.8) is 0 Å². The lowest BCUT2D eigenvalue weighted by atomic mass is 10.1. The Morgan fingerprint density at radius 3 is 2.71 bits per heavy atom. The molecule has 2 atom stereocenters. The number of rotatable bonds is 6. The van der Waals surface area contributed by atoms with Gasteiger partial charge < -0.3 is 5.32 Å². The van der Waals surface area contributed by atoms with Crippen LogP contribution in [-0.2, 0) is 0 Å². The van der Waals surface area contributed by atoms with Gasteiger partial charge in [-0.15, -0.1) is 0 Å². The van der Waals surface area contributed by atoms with Crippen molar-refractivity contribution >= 4 is 27.7 Å². The Hall–Kier alpha value is -0.0600. The molecule has 4 heteroatoms. The minimum atomic E-state index is -0.205. The fraction of sp³-hybridized carbons (Fsp3) is 0.538. The zero-order valence-corrected chi connectivity index (χ0v) is 12.9. The van der Waals surface area contributed by atoms with Gasteiger partial charge in [-0.25, -0.2) is 4.39 Å². The van der Waals surface area contributed by atoms with Crippen LogP contribution in [-0.4, -0.2) is 18.1 Å². The fourth-order valence-electron chi connectivity index (χ4n) is 1.75. The molecule has 0 spiro atoms. The summed E-state index contributed by atoms with van der Waals surface area (Å²) < 4.78 is 13.8. The topological polar surface area (TPSA) is 12.0 Å². The molecule has 96 valence electrons. The van der Waals surface area contributed by atoms with Crippen LogP contribution >= 0.6 is 27.7 Å². The molecular weight excluding hydrogens is 301 g/mol. The summed E-state index contributed by atoms with van der Waals surface area (Å²) in [5.41, 5.74) is 1.10. The molecule has 0 aliphatic heterocycles. The summed E-state index contributed by atoms with van der Waals surface area (Å²) in [6.07, 6.45) is 3.26. The molecule has 0 aromatic heterocycles. The molecule has 0 fully saturated rings. The van der Waals surface area contributed by atoms with Crippen molar-refractivity contribution < 1.29 is 4.39 Å². The second kappa shape index (κ2) is 7.39. The molecule has 0 bridgehead atoms. The lowest BCUT2D eigenvalue weighted by molar-refractivity contribution is 0.470. The first kappa shape index (κ1) is 15.0. The van der Waals surface area contributed by atoms with Gasteiger partial charge in [0, 0.05) is 16.6 Å². The Bertz CT molecular complexity index is 359. The average molecular weight is 320 g/mol. The highest BCUT2D eigenvalue weighted by molar-refractivity contribution is 9.10. The van der Waals surface area contributed by atoms with E-state index in [1.807, 2.05) is 17.8 Å². The first-order chi connectivity index (χ1) is 8.04. The Morgan fingerprint density at radius 2 is 2.12 bits per heavy atom. The fourth-order valence-corrected chi connectivity index (χ4v) is 3.03.